The van der Waals surface area contributed by atoms with Crippen molar-refractivity contribution in [3.63, 3.8) is 0 Å². The Kier molecular flexibility index (Phi) is 3.36. The Hall–Kier alpha value is -2.75. The summed E-state index contributed by atoms with van der Waals surface area (Å²) in [6.45, 7) is 6.10. The lowest BCUT2D eigenvalue weighted by Crippen LogP contribution is -1.98. The first-order chi connectivity index (χ1) is 10.1. The zero-order chi connectivity index (χ0) is 14.8. The van der Waals surface area contributed by atoms with Crippen molar-refractivity contribution in [2.45, 2.75) is 6.92 Å². The van der Waals surface area contributed by atoms with Crippen molar-refractivity contribution in [1.29, 1.82) is 0 Å². The second-order valence-corrected chi connectivity index (χ2v) is 4.86. The molecule has 106 valence electrons. The Morgan fingerprint density at radius 2 is 2.24 bits per heavy atom. The van der Waals surface area contributed by atoms with Crippen LogP contribution in [0.5, 0.6) is 11.5 Å². The molecule has 0 spiro atoms. The molecular formula is C17H14O4. The van der Waals surface area contributed by atoms with Crippen LogP contribution in [0.3, 0.4) is 0 Å². The lowest BCUT2D eigenvalue weighted by molar-refractivity contribution is 0.101. The number of carbonyl (C=O) groups excluding carboxylic acids is 1. The number of benzene rings is 1. The summed E-state index contributed by atoms with van der Waals surface area (Å²) in [7, 11) is 0. The maximum Gasteiger partial charge on any atom is 0.232 e. The summed E-state index contributed by atoms with van der Waals surface area (Å²) in [5.74, 6) is 1.80. The molecule has 1 aliphatic heterocycles. The van der Waals surface area contributed by atoms with Crippen LogP contribution in [0.15, 0.2) is 58.9 Å². The van der Waals surface area contributed by atoms with E-state index in [1.807, 2.05) is 6.92 Å². The topological polar surface area (TPSA) is 48.7 Å². The highest BCUT2D eigenvalue weighted by Gasteiger charge is 2.28. The number of rotatable bonds is 4. The minimum Gasteiger partial charge on any atom is -0.489 e. The molecule has 21 heavy (non-hydrogen) atoms. The lowest BCUT2D eigenvalue weighted by atomic mass is 10.1. The highest BCUT2D eigenvalue weighted by atomic mass is 16.5. The van der Waals surface area contributed by atoms with Gasteiger partial charge in [0.15, 0.2) is 5.76 Å². The molecule has 0 N–H and O–H groups in total. The van der Waals surface area contributed by atoms with Gasteiger partial charge >= 0.3 is 0 Å². The van der Waals surface area contributed by atoms with E-state index in [0.717, 1.165) is 5.57 Å². The van der Waals surface area contributed by atoms with Crippen molar-refractivity contribution in [3.8, 4) is 11.5 Å². The second kappa shape index (κ2) is 5.32. The largest absolute Gasteiger partial charge is 0.489 e. The zero-order valence-electron chi connectivity index (χ0n) is 11.6. The van der Waals surface area contributed by atoms with Gasteiger partial charge in [-0.2, -0.15) is 0 Å². The number of ether oxygens (including phenoxy) is 2. The average Bonchev–Trinajstić information content (AvgIpc) is 3.06. The van der Waals surface area contributed by atoms with E-state index in [0.29, 0.717) is 29.4 Å². The maximum absolute atomic E-state index is 12.2. The van der Waals surface area contributed by atoms with E-state index < -0.39 is 0 Å². The smallest absolute Gasteiger partial charge is 0.232 e. The van der Waals surface area contributed by atoms with E-state index >= 15 is 0 Å². The van der Waals surface area contributed by atoms with Gasteiger partial charge in [0.05, 0.1) is 11.8 Å². The summed E-state index contributed by atoms with van der Waals surface area (Å²) in [5, 5.41) is 0. The quantitative estimate of drug-likeness (QED) is 0.631. The van der Waals surface area contributed by atoms with E-state index in [-0.39, 0.29) is 11.5 Å². The minimum atomic E-state index is -0.159. The maximum atomic E-state index is 12.2. The minimum absolute atomic E-state index is 0.159. The standard InChI is InChI=1S/C17H14O4/c1-11(2)10-20-13-5-6-14-15(8-13)21-16(17(14)18)9-12-4-3-7-19-12/h3-9H,1,10H2,2H3. The molecule has 1 aromatic carbocycles. The number of allylic oxidation sites excluding steroid dienone is 1. The van der Waals surface area contributed by atoms with Gasteiger partial charge in [-0.1, -0.05) is 6.58 Å². The number of Topliss-reactive ketones (excluding diaryl/α,β-unsaturated/α-hetero) is 1. The third kappa shape index (κ3) is 2.74. The number of hydrogen-bond donors (Lipinski definition) is 0. The van der Waals surface area contributed by atoms with E-state index in [9.17, 15) is 4.79 Å². The van der Waals surface area contributed by atoms with Crippen molar-refractivity contribution in [2.24, 2.45) is 0 Å². The summed E-state index contributed by atoms with van der Waals surface area (Å²) in [6.07, 6.45) is 3.12. The fraction of sp³-hybridized carbons (Fsp3) is 0.118. The summed E-state index contributed by atoms with van der Waals surface area (Å²) in [5.41, 5.74) is 1.45. The molecule has 0 radical (unpaired) electrons. The molecule has 3 rings (SSSR count). The Morgan fingerprint density at radius 3 is 2.95 bits per heavy atom. The molecule has 0 saturated heterocycles. The number of carbonyl (C=O) groups is 1. The number of fused-ring (bicyclic) bond motifs is 1. The average molecular weight is 282 g/mol. The molecule has 0 unspecified atom stereocenters. The Morgan fingerprint density at radius 1 is 1.38 bits per heavy atom. The van der Waals surface area contributed by atoms with Gasteiger partial charge in [-0.15, -0.1) is 0 Å². The predicted octanol–water partition coefficient (Wildman–Crippen LogP) is 3.85. The van der Waals surface area contributed by atoms with Gasteiger partial charge in [0.2, 0.25) is 5.78 Å². The van der Waals surface area contributed by atoms with Crippen LogP contribution in [-0.2, 0) is 0 Å². The first kappa shape index (κ1) is 13.2. The Labute approximate surface area is 122 Å². The van der Waals surface area contributed by atoms with Gasteiger partial charge in [0.25, 0.3) is 0 Å². The molecule has 4 nitrogen and oxygen atoms in total. The van der Waals surface area contributed by atoms with E-state index in [1.54, 1.807) is 42.7 Å². The van der Waals surface area contributed by atoms with Gasteiger partial charge in [0.1, 0.15) is 23.9 Å². The van der Waals surface area contributed by atoms with Crippen LogP contribution in [0, 0.1) is 0 Å². The van der Waals surface area contributed by atoms with Crippen molar-refractivity contribution < 1.29 is 18.7 Å². The van der Waals surface area contributed by atoms with Crippen LogP contribution < -0.4 is 9.47 Å². The van der Waals surface area contributed by atoms with Crippen LogP contribution in [0.2, 0.25) is 0 Å². The summed E-state index contributed by atoms with van der Waals surface area (Å²) in [4.78, 5) is 12.2. The fourth-order valence-electron chi connectivity index (χ4n) is 1.97. The highest BCUT2D eigenvalue weighted by Crippen LogP contribution is 2.34. The van der Waals surface area contributed by atoms with Crippen LogP contribution >= 0.6 is 0 Å². The molecule has 2 aromatic rings. The van der Waals surface area contributed by atoms with Crippen LogP contribution in [0.4, 0.5) is 0 Å². The van der Waals surface area contributed by atoms with Crippen molar-refractivity contribution in [3.05, 3.63) is 65.8 Å². The third-order valence-electron chi connectivity index (χ3n) is 2.94. The summed E-state index contributed by atoms with van der Waals surface area (Å²) < 4.78 is 16.3. The molecule has 2 heterocycles. The monoisotopic (exact) mass is 282 g/mol. The van der Waals surface area contributed by atoms with Crippen molar-refractivity contribution in [1.82, 2.24) is 0 Å². The molecule has 1 aliphatic rings. The summed E-state index contributed by atoms with van der Waals surface area (Å²) in [6, 6.07) is 8.67. The molecule has 1 aromatic heterocycles. The van der Waals surface area contributed by atoms with Gasteiger partial charge < -0.3 is 13.9 Å². The number of hydrogen-bond acceptors (Lipinski definition) is 4. The zero-order valence-corrected chi connectivity index (χ0v) is 11.6. The molecule has 4 heteroatoms. The summed E-state index contributed by atoms with van der Waals surface area (Å²) >= 11 is 0. The van der Waals surface area contributed by atoms with Crippen LogP contribution in [-0.4, -0.2) is 12.4 Å². The molecular weight excluding hydrogens is 268 g/mol. The molecule has 0 fully saturated rings. The normalized spacial score (nSPS) is 14.9. The van der Waals surface area contributed by atoms with Crippen molar-refractivity contribution >= 4 is 11.9 Å². The van der Waals surface area contributed by atoms with E-state index in [2.05, 4.69) is 6.58 Å². The third-order valence-corrected chi connectivity index (χ3v) is 2.94. The fourth-order valence-corrected chi connectivity index (χ4v) is 1.97. The Balaban J connectivity index is 1.84. The predicted molar refractivity (Wildman–Crippen MR) is 78.4 cm³/mol. The van der Waals surface area contributed by atoms with E-state index in [4.69, 9.17) is 13.9 Å². The van der Waals surface area contributed by atoms with E-state index in [1.165, 1.54) is 0 Å². The van der Waals surface area contributed by atoms with Crippen molar-refractivity contribution in [2.75, 3.05) is 6.61 Å². The first-order valence-electron chi connectivity index (χ1n) is 6.52. The van der Waals surface area contributed by atoms with Gasteiger partial charge in [-0.3, -0.25) is 4.79 Å². The number of furan rings is 1. The second-order valence-electron chi connectivity index (χ2n) is 4.86. The van der Waals surface area contributed by atoms with Gasteiger partial charge in [-0.05, 0) is 36.8 Å². The van der Waals surface area contributed by atoms with Crippen LogP contribution in [0.25, 0.3) is 6.08 Å². The molecule has 0 bridgehead atoms. The molecule has 0 amide bonds. The lowest BCUT2D eigenvalue weighted by Gasteiger charge is -2.06. The number of ketones is 1. The molecule has 0 atom stereocenters. The molecule has 0 aliphatic carbocycles. The van der Waals surface area contributed by atoms with Gasteiger partial charge in [-0.25, -0.2) is 0 Å². The Bertz CT molecular complexity index is 723. The highest BCUT2D eigenvalue weighted by molar-refractivity contribution is 6.14. The SMILES string of the molecule is C=C(C)COc1ccc2c(c1)OC(=Cc1ccco1)C2=O. The van der Waals surface area contributed by atoms with Crippen LogP contribution in [0.1, 0.15) is 23.0 Å². The van der Waals surface area contributed by atoms with Gasteiger partial charge in [0, 0.05) is 12.1 Å². The molecule has 0 saturated carbocycles. The first-order valence-corrected chi connectivity index (χ1v) is 6.52.